The zero-order valence-electron chi connectivity index (χ0n) is 13.2. The number of carbonyl (C=O) groups is 1. The summed E-state index contributed by atoms with van der Waals surface area (Å²) in [5.41, 5.74) is 1.81. The predicted molar refractivity (Wildman–Crippen MR) is 89.3 cm³/mol. The van der Waals surface area contributed by atoms with Gasteiger partial charge in [0.15, 0.2) is 0 Å². The molecule has 0 unspecified atom stereocenters. The molecule has 0 spiro atoms. The van der Waals surface area contributed by atoms with E-state index in [-0.39, 0.29) is 5.91 Å². The van der Waals surface area contributed by atoms with Gasteiger partial charge in [0, 0.05) is 6.54 Å². The van der Waals surface area contributed by atoms with Gasteiger partial charge in [-0.15, -0.1) is 0 Å². The molecule has 22 heavy (non-hydrogen) atoms. The molecule has 0 fully saturated rings. The quantitative estimate of drug-likeness (QED) is 0.846. The third kappa shape index (κ3) is 4.92. The van der Waals surface area contributed by atoms with Crippen molar-refractivity contribution in [3.05, 3.63) is 65.7 Å². The van der Waals surface area contributed by atoms with E-state index in [0.29, 0.717) is 30.4 Å². The molecule has 0 bridgehead atoms. The number of hydrogen-bond donors (Lipinski definition) is 1. The van der Waals surface area contributed by atoms with Crippen molar-refractivity contribution in [2.24, 2.45) is 5.92 Å². The Balaban J connectivity index is 1.91. The maximum absolute atomic E-state index is 12.3. The lowest BCUT2D eigenvalue weighted by Gasteiger charge is -2.13. The van der Waals surface area contributed by atoms with Gasteiger partial charge in [0.05, 0.1) is 12.2 Å². The number of ether oxygens (including phenoxy) is 1. The van der Waals surface area contributed by atoms with Crippen LogP contribution in [0.25, 0.3) is 0 Å². The standard InChI is InChI=1S/C19H23NO2/c1-15(2)14-22-18-11-7-6-10-17(18)19(21)20-13-12-16-8-4-3-5-9-16/h3-11,15H,12-14H2,1-2H3,(H,20,21). The predicted octanol–water partition coefficient (Wildman–Crippen LogP) is 3.69. The average Bonchev–Trinajstić information content (AvgIpc) is 2.54. The van der Waals surface area contributed by atoms with Gasteiger partial charge >= 0.3 is 0 Å². The summed E-state index contributed by atoms with van der Waals surface area (Å²) in [4.78, 5) is 12.3. The van der Waals surface area contributed by atoms with E-state index in [9.17, 15) is 4.79 Å². The molecule has 0 saturated carbocycles. The molecular weight excluding hydrogens is 274 g/mol. The lowest BCUT2D eigenvalue weighted by molar-refractivity contribution is 0.0949. The fraction of sp³-hybridized carbons (Fsp3) is 0.316. The maximum Gasteiger partial charge on any atom is 0.255 e. The van der Waals surface area contributed by atoms with Gasteiger partial charge in [0.25, 0.3) is 5.91 Å². The van der Waals surface area contributed by atoms with E-state index >= 15 is 0 Å². The first-order valence-electron chi connectivity index (χ1n) is 7.71. The van der Waals surface area contributed by atoms with Crippen LogP contribution in [0.1, 0.15) is 29.8 Å². The number of hydrogen-bond acceptors (Lipinski definition) is 2. The first-order chi connectivity index (χ1) is 10.7. The molecule has 3 nitrogen and oxygen atoms in total. The minimum atomic E-state index is -0.0877. The minimum absolute atomic E-state index is 0.0877. The van der Waals surface area contributed by atoms with Crippen molar-refractivity contribution in [2.45, 2.75) is 20.3 Å². The Hall–Kier alpha value is -2.29. The summed E-state index contributed by atoms with van der Waals surface area (Å²) in [6.45, 7) is 5.39. The van der Waals surface area contributed by atoms with Crippen LogP contribution >= 0.6 is 0 Å². The number of amides is 1. The summed E-state index contributed by atoms with van der Waals surface area (Å²) in [6, 6.07) is 17.5. The van der Waals surface area contributed by atoms with Crippen LogP contribution in [0, 0.1) is 5.92 Å². The van der Waals surface area contributed by atoms with E-state index in [2.05, 4.69) is 31.3 Å². The summed E-state index contributed by atoms with van der Waals surface area (Å²) in [5.74, 6) is 0.984. The van der Waals surface area contributed by atoms with Crippen molar-refractivity contribution >= 4 is 5.91 Å². The Morgan fingerprint density at radius 3 is 2.45 bits per heavy atom. The third-order valence-electron chi connectivity index (χ3n) is 3.25. The molecule has 0 aliphatic rings. The third-order valence-corrected chi connectivity index (χ3v) is 3.25. The van der Waals surface area contributed by atoms with Gasteiger partial charge in [0.2, 0.25) is 0 Å². The highest BCUT2D eigenvalue weighted by atomic mass is 16.5. The van der Waals surface area contributed by atoms with E-state index < -0.39 is 0 Å². The second kappa shape index (κ2) is 8.23. The molecule has 116 valence electrons. The van der Waals surface area contributed by atoms with Crippen LogP contribution in [0.2, 0.25) is 0 Å². The lowest BCUT2D eigenvalue weighted by Crippen LogP contribution is -2.26. The number of nitrogens with one attached hydrogen (secondary N) is 1. The molecule has 0 saturated heterocycles. The Kier molecular flexibility index (Phi) is 6.01. The van der Waals surface area contributed by atoms with Crippen molar-refractivity contribution in [3.63, 3.8) is 0 Å². The molecule has 0 aromatic heterocycles. The molecule has 0 aliphatic heterocycles. The number of para-hydroxylation sites is 1. The van der Waals surface area contributed by atoms with Gasteiger partial charge in [-0.05, 0) is 30.0 Å². The highest BCUT2D eigenvalue weighted by Crippen LogP contribution is 2.18. The molecule has 1 N–H and O–H groups in total. The van der Waals surface area contributed by atoms with Crippen molar-refractivity contribution in [3.8, 4) is 5.75 Å². The Morgan fingerprint density at radius 2 is 1.73 bits per heavy atom. The van der Waals surface area contributed by atoms with Crippen molar-refractivity contribution in [1.29, 1.82) is 0 Å². The summed E-state index contributed by atoms with van der Waals surface area (Å²) in [5, 5.41) is 2.96. The molecular formula is C19H23NO2. The van der Waals surface area contributed by atoms with Gasteiger partial charge < -0.3 is 10.1 Å². The van der Waals surface area contributed by atoms with E-state index in [1.807, 2.05) is 36.4 Å². The number of rotatable bonds is 7. The Bertz CT molecular complexity index is 593. The second-order valence-electron chi connectivity index (χ2n) is 5.69. The molecule has 2 aromatic carbocycles. The van der Waals surface area contributed by atoms with Gasteiger partial charge in [-0.3, -0.25) is 4.79 Å². The van der Waals surface area contributed by atoms with Crippen LogP contribution in [0.4, 0.5) is 0 Å². The fourth-order valence-corrected chi connectivity index (χ4v) is 2.10. The van der Waals surface area contributed by atoms with Crippen LogP contribution in [-0.2, 0) is 6.42 Å². The molecule has 2 aromatic rings. The van der Waals surface area contributed by atoms with E-state index in [1.165, 1.54) is 5.56 Å². The topological polar surface area (TPSA) is 38.3 Å². The van der Waals surface area contributed by atoms with Crippen LogP contribution in [0.15, 0.2) is 54.6 Å². The molecule has 2 rings (SSSR count). The molecule has 1 amide bonds. The van der Waals surface area contributed by atoms with Crippen molar-refractivity contribution in [1.82, 2.24) is 5.32 Å². The fourth-order valence-electron chi connectivity index (χ4n) is 2.10. The van der Waals surface area contributed by atoms with E-state index in [1.54, 1.807) is 6.07 Å². The van der Waals surface area contributed by atoms with E-state index in [4.69, 9.17) is 4.74 Å². The summed E-state index contributed by atoms with van der Waals surface area (Å²) < 4.78 is 5.72. The molecule has 3 heteroatoms. The number of carbonyl (C=O) groups excluding carboxylic acids is 1. The summed E-state index contributed by atoms with van der Waals surface area (Å²) in [7, 11) is 0. The summed E-state index contributed by atoms with van der Waals surface area (Å²) >= 11 is 0. The van der Waals surface area contributed by atoms with Crippen LogP contribution < -0.4 is 10.1 Å². The monoisotopic (exact) mass is 297 g/mol. The zero-order valence-corrected chi connectivity index (χ0v) is 13.2. The van der Waals surface area contributed by atoms with Crippen molar-refractivity contribution < 1.29 is 9.53 Å². The molecule has 0 radical (unpaired) electrons. The summed E-state index contributed by atoms with van der Waals surface area (Å²) in [6.07, 6.45) is 0.821. The van der Waals surface area contributed by atoms with Crippen LogP contribution in [0.5, 0.6) is 5.75 Å². The molecule has 0 heterocycles. The Morgan fingerprint density at radius 1 is 1.05 bits per heavy atom. The first kappa shape index (κ1) is 16.1. The SMILES string of the molecule is CC(C)COc1ccccc1C(=O)NCCc1ccccc1. The van der Waals surface area contributed by atoms with Crippen molar-refractivity contribution in [2.75, 3.05) is 13.2 Å². The average molecular weight is 297 g/mol. The van der Waals surface area contributed by atoms with Gasteiger partial charge in [-0.2, -0.15) is 0 Å². The Labute approximate surface area is 132 Å². The van der Waals surface area contributed by atoms with Crippen LogP contribution in [-0.4, -0.2) is 19.1 Å². The molecule has 0 aliphatic carbocycles. The van der Waals surface area contributed by atoms with E-state index in [0.717, 1.165) is 6.42 Å². The minimum Gasteiger partial charge on any atom is -0.492 e. The highest BCUT2D eigenvalue weighted by Gasteiger charge is 2.11. The lowest BCUT2D eigenvalue weighted by atomic mass is 10.1. The maximum atomic E-state index is 12.3. The highest BCUT2D eigenvalue weighted by molar-refractivity contribution is 5.96. The molecule has 0 atom stereocenters. The van der Waals surface area contributed by atoms with Gasteiger partial charge in [-0.1, -0.05) is 56.3 Å². The van der Waals surface area contributed by atoms with Gasteiger partial charge in [0.1, 0.15) is 5.75 Å². The number of benzene rings is 2. The largest absolute Gasteiger partial charge is 0.492 e. The van der Waals surface area contributed by atoms with Crippen LogP contribution in [0.3, 0.4) is 0 Å². The normalized spacial score (nSPS) is 10.5. The first-order valence-corrected chi connectivity index (χ1v) is 7.71. The smallest absolute Gasteiger partial charge is 0.255 e. The van der Waals surface area contributed by atoms with Gasteiger partial charge in [-0.25, -0.2) is 0 Å². The second-order valence-corrected chi connectivity index (χ2v) is 5.69. The zero-order chi connectivity index (χ0) is 15.8.